The van der Waals surface area contributed by atoms with Gasteiger partial charge in [0.05, 0.1) is 6.04 Å². The first-order valence-corrected chi connectivity index (χ1v) is 15.6. The largest absolute Gasteiger partial charge is 0.331 e. The second-order valence-corrected chi connectivity index (χ2v) is 12.2. The quantitative estimate of drug-likeness (QED) is 0.421. The lowest BCUT2D eigenvalue weighted by atomic mass is 9.95. The molecule has 4 heterocycles. The Hall–Kier alpha value is -4.12. The molecule has 2 aromatic heterocycles. The van der Waals surface area contributed by atoms with Crippen molar-refractivity contribution in [3.63, 3.8) is 0 Å². The first-order valence-electron chi connectivity index (χ1n) is 15.6. The maximum Gasteiger partial charge on any atom is 0.331 e. The maximum atomic E-state index is 13.7. The molecule has 0 radical (unpaired) electrons. The van der Waals surface area contributed by atoms with Gasteiger partial charge in [-0.25, -0.2) is 14.3 Å². The lowest BCUT2D eigenvalue weighted by molar-refractivity contribution is 0.0941. The van der Waals surface area contributed by atoms with E-state index in [1.165, 1.54) is 16.5 Å². The highest BCUT2D eigenvalue weighted by Gasteiger charge is 2.30. The molecule has 1 aromatic carbocycles. The summed E-state index contributed by atoms with van der Waals surface area (Å²) in [6, 6.07) is 9.52. The summed E-state index contributed by atoms with van der Waals surface area (Å²) in [6.45, 7) is 7.78. The van der Waals surface area contributed by atoms with Crippen molar-refractivity contribution in [1.29, 1.82) is 5.26 Å². The van der Waals surface area contributed by atoms with Gasteiger partial charge in [-0.15, -0.1) is 0 Å². The lowest BCUT2D eigenvalue weighted by Crippen LogP contribution is -2.50. The fraction of sp³-hybridized carbons (Fsp3) is 0.548. The minimum Gasteiger partial charge on any atom is -0.321 e. The lowest BCUT2D eigenvalue weighted by Gasteiger charge is -2.35. The van der Waals surface area contributed by atoms with Crippen LogP contribution in [0.3, 0.4) is 0 Å². The first-order chi connectivity index (χ1) is 21.4. The van der Waals surface area contributed by atoms with Crippen molar-refractivity contribution >= 4 is 28.9 Å². The predicted octanol–water partition coefficient (Wildman–Crippen LogP) is 2.14. The third kappa shape index (κ3) is 6.52. The van der Waals surface area contributed by atoms with Gasteiger partial charge in [-0.3, -0.25) is 20.1 Å². The number of aromatic nitrogens is 4. The SMILES string of the molecule is CN1CCN(Cc2ccc(C(=O)NN(c3nc(C#N)nc4c3ncn4C(=O)N3CCN(C)CC3)C3CCCCC3)cc2)CC1. The van der Waals surface area contributed by atoms with Gasteiger partial charge in [0.1, 0.15) is 12.4 Å². The highest BCUT2D eigenvalue weighted by molar-refractivity contribution is 5.97. The van der Waals surface area contributed by atoms with E-state index in [2.05, 4.69) is 42.1 Å². The van der Waals surface area contributed by atoms with Crippen LogP contribution in [0.4, 0.5) is 10.6 Å². The molecule has 6 rings (SSSR count). The molecule has 13 nitrogen and oxygen atoms in total. The second kappa shape index (κ2) is 13.3. The smallest absolute Gasteiger partial charge is 0.321 e. The maximum absolute atomic E-state index is 13.7. The van der Waals surface area contributed by atoms with Crippen LogP contribution in [0.25, 0.3) is 11.2 Å². The molecule has 0 unspecified atom stereocenters. The third-order valence-corrected chi connectivity index (χ3v) is 9.07. The zero-order valence-corrected chi connectivity index (χ0v) is 25.7. The van der Waals surface area contributed by atoms with Crippen molar-refractivity contribution in [3.05, 3.63) is 47.5 Å². The molecule has 0 atom stereocenters. The number of nitrogens with zero attached hydrogens (tertiary/aromatic N) is 10. The molecule has 2 aliphatic heterocycles. The molecule has 3 fully saturated rings. The monoisotopic (exact) mass is 599 g/mol. The standard InChI is InChI=1S/C31H41N11O2/c1-37-12-16-39(17-13-37)21-23-8-10-24(11-9-23)30(43)36-42(25-6-4-3-5-7-25)29-27-28(34-26(20-32)35-29)41(22-33-27)31(44)40-18-14-38(2)15-19-40/h8-11,22,25H,3-7,12-19,21H2,1-2H3,(H,36,43). The van der Waals surface area contributed by atoms with E-state index in [-0.39, 0.29) is 29.5 Å². The Bertz CT molecular complexity index is 1510. The van der Waals surface area contributed by atoms with E-state index in [0.717, 1.165) is 77.9 Å². The number of imidazole rings is 1. The number of hydrogen-bond donors (Lipinski definition) is 1. The molecule has 0 spiro atoms. The van der Waals surface area contributed by atoms with Gasteiger partial charge in [0.2, 0.25) is 5.82 Å². The molecule has 3 aromatic rings. The van der Waals surface area contributed by atoms with Gasteiger partial charge in [-0.05, 0) is 44.6 Å². The number of nitrogens with one attached hydrogen (secondary N) is 1. The van der Waals surface area contributed by atoms with Gasteiger partial charge in [0.25, 0.3) is 5.91 Å². The zero-order chi connectivity index (χ0) is 30.6. The number of carbonyl (C=O) groups is 2. The Morgan fingerprint density at radius 2 is 1.59 bits per heavy atom. The average Bonchev–Trinajstić information content (AvgIpc) is 3.49. The summed E-state index contributed by atoms with van der Waals surface area (Å²) in [5.41, 5.74) is 5.45. The molecule has 2 amide bonds. The third-order valence-electron chi connectivity index (χ3n) is 9.07. The summed E-state index contributed by atoms with van der Waals surface area (Å²) in [5, 5.41) is 11.6. The summed E-state index contributed by atoms with van der Waals surface area (Å²) in [5.74, 6) is -0.00732. The zero-order valence-electron chi connectivity index (χ0n) is 25.7. The Labute approximate surface area is 258 Å². The van der Waals surface area contributed by atoms with E-state index in [4.69, 9.17) is 0 Å². The van der Waals surface area contributed by atoms with E-state index in [1.54, 1.807) is 9.91 Å². The van der Waals surface area contributed by atoms with E-state index >= 15 is 0 Å². The van der Waals surface area contributed by atoms with Crippen LogP contribution in [0.5, 0.6) is 0 Å². The molecule has 1 aliphatic carbocycles. The number of nitriles is 1. The van der Waals surface area contributed by atoms with Crippen LogP contribution in [0.15, 0.2) is 30.6 Å². The van der Waals surface area contributed by atoms with Crippen molar-refractivity contribution < 1.29 is 9.59 Å². The van der Waals surface area contributed by atoms with E-state index in [0.29, 0.717) is 30.0 Å². The van der Waals surface area contributed by atoms with Crippen LogP contribution in [-0.4, -0.2) is 124 Å². The summed E-state index contributed by atoms with van der Waals surface area (Å²) in [6.07, 6.45) is 6.34. The number of amides is 2. The fourth-order valence-corrected chi connectivity index (χ4v) is 6.25. The Morgan fingerprint density at radius 1 is 0.932 bits per heavy atom. The predicted molar refractivity (Wildman–Crippen MR) is 166 cm³/mol. The summed E-state index contributed by atoms with van der Waals surface area (Å²) in [7, 11) is 4.18. The summed E-state index contributed by atoms with van der Waals surface area (Å²) >= 11 is 0. The molecule has 3 aliphatic rings. The molecule has 44 heavy (non-hydrogen) atoms. The number of hydrogen-bond acceptors (Lipinski definition) is 10. The van der Waals surface area contributed by atoms with Crippen LogP contribution in [0.2, 0.25) is 0 Å². The number of hydrazine groups is 1. The van der Waals surface area contributed by atoms with Crippen LogP contribution in [0.1, 0.15) is 53.8 Å². The van der Waals surface area contributed by atoms with E-state index in [1.807, 2.05) is 37.4 Å². The highest BCUT2D eigenvalue weighted by atomic mass is 16.2. The number of benzene rings is 1. The van der Waals surface area contributed by atoms with Gasteiger partial charge in [0, 0.05) is 64.5 Å². The Kier molecular flexibility index (Phi) is 9.02. The molecule has 1 saturated carbocycles. The summed E-state index contributed by atoms with van der Waals surface area (Å²) < 4.78 is 1.40. The van der Waals surface area contributed by atoms with Gasteiger partial charge in [0.15, 0.2) is 17.0 Å². The molecule has 13 heteroatoms. The van der Waals surface area contributed by atoms with Gasteiger partial charge >= 0.3 is 6.03 Å². The van der Waals surface area contributed by atoms with Crippen LogP contribution in [-0.2, 0) is 6.54 Å². The Morgan fingerprint density at radius 3 is 2.25 bits per heavy atom. The molecular formula is C31H41N11O2. The van der Waals surface area contributed by atoms with E-state index in [9.17, 15) is 14.9 Å². The van der Waals surface area contributed by atoms with E-state index < -0.39 is 0 Å². The number of anilines is 1. The average molecular weight is 600 g/mol. The van der Waals surface area contributed by atoms with Crippen molar-refractivity contribution in [1.82, 2.24) is 44.5 Å². The number of likely N-dealkylation sites (N-methyl/N-ethyl adjacent to an activating group) is 2. The number of fused-ring (bicyclic) bond motifs is 1. The van der Waals surface area contributed by atoms with Gasteiger partial charge in [-0.2, -0.15) is 15.2 Å². The molecule has 0 bridgehead atoms. The minimum atomic E-state index is -0.264. The van der Waals surface area contributed by atoms with Crippen molar-refractivity contribution in [2.45, 2.75) is 44.7 Å². The van der Waals surface area contributed by atoms with Gasteiger partial charge in [-0.1, -0.05) is 31.4 Å². The summed E-state index contributed by atoms with van der Waals surface area (Å²) in [4.78, 5) is 49.4. The topological polar surface area (TPSA) is 130 Å². The van der Waals surface area contributed by atoms with Crippen LogP contribution in [0, 0.1) is 11.3 Å². The molecule has 2 saturated heterocycles. The molecular weight excluding hydrogens is 558 g/mol. The van der Waals surface area contributed by atoms with Crippen molar-refractivity contribution in [2.24, 2.45) is 0 Å². The number of piperazine rings is 2. The second-order valence-electron chi connectivity index (χ2n) is 12.2. The van der Waals surface area contributed by atoms with Crippen LogP contribution < -0.4 is 10.4 Å². The molecule has 1 N–H and O–H groups in total. The van der Waals surface area contributed by atoms with Crippen LogP contribution >= 0.6 is 0 Å². The number of carbonyl (C=O) groups excluding carboxylic acids is 2. The van der Waals surface area contributed by atoms with Crippen molar-refractivity contribution in [3.8, 4) is 6.07 Å². The van der Waals surface area contributed by atoms with Crippen molar-refractivity contribution in [2.75, 3.05) is 71.5 Å². The fourth-order valence-electron chi connectivity index (χ4n) is 6.25. The molecule has 232 valence electrons. The first kappa shape index (κ1) is 29.9. The Balaban J connectivity index is 1.27. The highest BCUT2D eigenvalue weighted by Crippen LogP contribution is 2.29. The normalized spacial score (nSPS) is 19.2. The minimum absolute atomic E-state index is 0.0349. The van der Waals surface area contributed by atoms with Gasteiger partial charge < -0.3 is 14.7 Å². The number of rotatable bonds is 6.